The lowest BCUT2D eigenvalue weighted by molar-refractivity contribution is -0.146. The van der Waals surface area contributed by atoms with Crippen molar-refractivity contribution < 1.29 is 19.0 Å². The van der Waals surface area contributed by atoms with Crippen LogP contribution < -0.4 is 0 Å². The van der Waals surface area contributed by atoms with Crippen molar-refractivity contribution in [3.05, 3.63) is 35.6 Å². The summed E-state index contributed by atoms with van der Waals surface area (Å²) in [5.74, 6) is -1.25. The number of hydrogen-bond donors (Lipinski definition) is 1. The maximum atomic E-state index is 12.8. The molecule has 1 aliphatic rings. The van der Waals surface area contributed by atoms with Crippen LogP contribution in [0.25, 0.3) is 0 Å². The van der Waals surface area contributed by atoms with E-state index in [4.69, 9.17) is 4.74 Å². The highest BCUT2D eigenvalue weighted by atomic mass is 19.1. The van der Waals surface area contributed by atoms with E-state index in [0.29, 0.717) is 12.8 Å². The molecule has 17 heavy (non-hydrogen) atoms. The lowest BCUT2D eigenvalue weighted by atomic mass is 9.87. The van der Waals surface area contributed by atoms with E-state index in [-0.39, 0.29) is 23.6 Å². The second kappa shape index (κ2) is 4.84. The van der Waals surface area contributed by atoms with Crippen molar-refractivity contribution in [2.24, 2.45) is 5.92 Å². The Kier molecular flexibility index (Phi) is 3.43. The van der Waals surface area contributed by atoms with E-state index >= 15 is 0 Å². The molecule has 0 radical (unpaired) electrons. The van der Waals surface area contributed by atoms with Gasteiger partial charge in [0, 0.05) is 5.92 Å². The van der Waals surface area contributed by atoms with Gasteiger partial charge in [0.05, 0.1) is 19.1 Å². The Hall–Kier alpha value is -1.42. The maximum absolute atomic E-state index is 12.8. The molecule has 0 unspecified atom stereocenters. The second-order valence-corrected chi connectivity index (χ2v) is 4.35. The summed E-state index contributed by atoms with van der Waals surface area (Å²) in [6.45, 7) is 0. The molecule has 0 heterocycles. The first-order valence-electron chi connectivity index (χ1n) is 5.65. The first-order valence-corrected chi connectivity index (χ1v) is 5.65. The SMILES string of the molecule is COC(=O)[C@H]1CC[C@@H](O)[C@@H]1c1ccc(F)cc1. The standard InChI is InChI=1S/C13H15FO3/c1-17-13(16)10-6-7-11(15)12(10)8-2-4-9(14)5-3-8/h2-5,10-12,15H,6-7H2,1H3/t10-,11+,12+/m0/s1. The van der Waals surface area contributed by atoms with E-state index in [2.05, 4.69) is 0 Å². The van der Waals surface area contributed by atoms with Crippen LogP contribution in [0, 0.1) is 11.7 Å². The minimum absolute atomic E-state index is 0.289. The zero-order chi connectivity index (χ0) is 12.4. The van der Waals surface area contributed by atoms with Gasteiger partial charge in [-0.3, -0.25) is 4.79 Å². The lowest BCUT2D eigenvalue weighted by Gasteiger charge is -2.20. The molecule has 1 saturated carbocycles. The topological polar surface area (TPSA) is 46.5 Å². The summed E-state index contributed by atoms with van der Waals surface area (Å²) in [7, 11) is 1.34. The van der Waals surface area contributed by atoms with Crippen LogP contribution in [0.5, 0.6) is 0 Å². The fraction of sp³-hybridized carbons (Fsp3) is 0.462. The molecule has 4 heteroatoms. The van der Waals surface area contributed by atoms with Crippen LogP contribution in [0.1, 0.15) is 24.3 Å². The van der Waals surface area contributed by atoms with Crippen LogP contribution in [0.15, 0.2) is 24.3 Å². The van der Waals surface area contributed by atoms with Crippen molar-refractivity contribution in [1.82, 2.24) is 0 Å². The predicted molar refractivity (Wildman–Crippen MR) is 59.9 cm³/mol. The van der Waals surface area contributed by atoms with E-state index in [0.717, 1.165) is 5.56 Å². The minimum atomic E-state index is -0.565. The number of aliphatic hydroxyl groups excluding tert-OH is 1. The molecule has 3 nitrogen and oxygen atoms in total. The van der Waals surface area contributed by atoms with Crippen LogP contribution in [-0.4, -0.2) is 24.3 Å². The van der Waals surface area contributed by atoms with Crippen molar-refractivity contribution >= 4 is 5.97 Å². The van der Waals surface area contributed by atoms with Crippen molar-refractivity contribution in [1.29, 1.82) is 0 Å². The van der Waals surface area contributed by atoms with Crippen molar-refractivity contribution in [2.45, 2.75) is 24.9 Å². The molecule has 3 atom stereocenters. The molecule has 0 saturated heterocycles. The number of carbonyl (C=O) groups excluding carboxylic acids is 1. The van der Waals surface area contributed by atoms with E-state index in [9.17, 15) is 14.3 Å². The number of hydrogen-bond acceptors (Lipinski definition) is 3. The Morgan fingerprint density at radius 2 is 2.00 bits per heavy atom. The fourth-order valence-corrected chi connectivity index (χ4v) is 2.53. The number of esters is 1. The summed E-state index contributed by atoms with van der Waals surface area (Å²) in [5, 5.41) is 9.92. The molecule has 92 valence electrons. The number of ether oxygens (including phenoxy) is 1. The van der Waals surface area contributed by atoms with E-state index in [1.54, 1.807) is 12.1 Å². The van der Waals surface area contributed by atoms with Gasteiger partial charge in [0.2, 0.25) is 0 Å². The molecular formula is C13H15FO3. The summed E-state index contributed by atoms with van der Waals surface area (Å²) in [6.07, 6.45) is 0.613. The van der Waals surface area contributed by atoms with Gasteiger partial charge in [0.15, 0.2) is 0 Å². The maximum Gasteiger partial charge on any atom is 0.309 e. The molecule has 1 aromatic carbocycles. The van der Waals surface area contributed by atoms with Gasteiger partial charge in [-0.05, 0) is 30.5 Å². The van der Waals surface area contributed by atoms with E-state index < -0.39 is 6.10 Å². The minimum Gasteiger partial charge on any atom is -0.469 e. The first kappa shape index (κ1) is 12.0. The largest absolute Gasteiger partial charge is 0.469 e. The van der Waals surface area contributed by atoms with Gasteiger partial charge in [-0.25, -0.2) is 4.39 Å². The fourth-order valence-electron chi connectivity index (χ4n) is 2.53. The molecule has 1 aromatic rings. The van der Waals surface area contributed by atoms with E-state index in [1.165, 1.54) is 19.2 Å². The van der Waals surface area contributed by atoms with Gasteiger partial charge in [-0.2, -0.15) is 0 Å². The first-order chi connectivity index (χ1) is 8.13. The highest BCUT2D eigenvalue weighted by Gasteiger charge is 2.40. The second-order valence-electron chi connectivity index (χ2n) is 4.35. The van der Waals surface area contributed by atoms with Gasteiger partial charge in [0.25, 0.3) is 0 Å². The predicted octanol–water partition coefficient (Wildman–Crippen LogP) is 1.85. The summed E-state index contributed by atoms with van der Waals surface area (Å²) < 4.78 is 17.6. The normalized spacial score (nSPS) is 28.1. The Morgan fingerprint density at radius 3 is 2.59 bits per heavy atom. The van der Waals surface area contributed by atoms with Gasteiger partial charge in [-0.1, -0.05) is 12.1 Å². The molecule has 2 rings (SSSR count). The number of aliphatic hydroxyl groups is 1. The third-order valence-corrected chi connectivity index (χ3v) is 3.38. The number of halogens is 1. The summed E-state index contributed by atoms with van der Waals surface area (Å²) in [6, 6.07) is 5.92. The molecule has 0 aromatic heterocycles. The molecule has 1 aliphatic carbocycles. The monoisotopic (exact) mass is 238 g/mol. The molecule has 1 fully saturated rings. The summed E-state index contributed by atoms with van der Waals surface area (Å²) in [4.78, 5) is 11.6. The molecular weight excluding hydrogens is 223 g/mol. The number of carbonyl (C=O) groups is 1. The summed E-state index contributed by atoms with van der Waals surface area (Å²) >= 11 is 0. The number of benzene rings is 1. The van der Waals surface area contributed by atoms with Crippen molar-refractivity contribution in [3.8, 4) is 0 Å². The van der Waals surface area contributed by atoms with Gasteiger partial charge in [0.1, 0.15) is 5.82 Å². The number of rotatable bonds is 2. The highest BCUT2D eigenvalue weighted by Crippen LogP contribution is 2.40. The van der Waals surface area contributed by atoms with Gasteiger partial charge < -0.3 is 9.84 Å². The van der Waals surface area contributed by atoms with Gasteiger partial charge in [-0.15, -0.1) is 0 Å². The van der Waals surface area contributed by atoms with Crippen LogP contribution >= 0.6 is 0 Å². The molecule has 0 amide bonds. The molecule has 0 bridgehead atoms. The van der Waals surface area contributed by atoms with Crippen LogP contribution in [-0.2, 0) is 9.53 Å². The quantitative estimate of drug-likeness (QED) is 0.800. The third-order valence-electron chi connectivity index (χ3n) is 3.38. The van der Waals surface area contributed by atoms with Crippen molar-refractivity contribution in [3.63, 3.8) is 0 Å². The molecule has 0 aliphatic heterocycles. The van der Waals surface area contributed by atoms with Crippen LogP contribution in [0.4, 0.5) is 4.39 Å². The Labute approximate surface area is 99.2 Å². The number of methoxy groups -OCH3 is 1. The zero-order valence-corrected chi connectivity index (χ0v) is 9.60. The van der Waals surface area contributed by atoms with Crippen LogP contribution in [0.3, 0.4) is 0 Å². The Balaban J connectivity index is 2.27. The lowest BCUT2D eigenvalue weighted by Crippen LogP contribution is -2.24. The smallest absolute Gasteiger partial charge is 0.309 e. The Bertz CT molecular complexity index is 402. The van der Waals surface area contributed by atoms with Gasteiger partial charge >= 0.3 is 5.97 Å². The van der Waals surface area contributed by atoms with E-state index in [1.807, 2.05) is 0 Å². The average molecular weight is 238 g/mol. The zero-order valence-electron chi connectivity index (χ0n) is 9.60. The average Bonchev–Trinajstić information content (AvgIpc) is 2.71. The molecule has 1 N–H and O–H groups in total. The highest BCUT2D eigenvalue weighted by molar-refractivity contribution is 5.74. The van der Waals surface area contributed by atoms with Crippen LogP contribution in [0.2, 0.25) is 0 Å². The van der Waals surface area contributed by atoms with Crippen molar-refractivity contribution in [2.75, 3.05) is 7.11 Å². The third kappa shape index (κ3) is 2.31. The summed E-state index contributed by atoms with van der Waals surface area (Å²) in [5.41, 5.74) is 0.784. The Morgan fingerprint density at radius 1 is 1.35 bits per heavy atom. The molecule has 0 spiro atoms.